The van der Waals surface area contributed by atoms with Crippen LogP contribution in [0.25, 0.3) is 0 Å². The number of hydrogen-bond donors (Lipinski definition) is 3. The fourth-order valence-corrected chi connectivity index (χ4v) is 5.80. The number of benzene rings is 1. The predicted molar refractivity (Wildman–Crippen MR) is 132 cm³/mol. The standard InChI is InChI=1S/C27H33N5O3/c1-3-27(4-2)14-22(34)32(26(28)31-27)24(17-9-7-11-29-15-17)19-13-20(19)25(35)30-23-18-10-6-5-8-16(18)12-21(23)33/h5-11,15,19-21,23-24,33H,3-4,12-14H2,1-2H3,(H2,28,31)(H,30,35). The third-order valence-electron chi connectivity index (χ3n) is 8.05. The van der Waals surface area contributed by atoms with E-state index >= 15 is 0 Å². The van der Waals surface area contributed by atoms with Crippen molar-refractivity contribution in [2.24, 2.45) is 22.6 Å². The number of carbonyl (C=O) groups excluding carboxylic acids is 2. The Kier molecular flexibility index (Phi) is 6.09. The lowest BCUT2D eigenvalue weighted by Gasteiger charge is -2.40. The van der Waals surface area contributed by atoms with Crippen LogP contribution in [-0.4, -0.2) is 44.4 Å². The molecular formula is C27H33N5O3. The number of carbonyl (C=O) groups is 2. The van der Waals surface area contributed by atoms with Crippen molar-refractivity contribution in [3.63, 3.8) is 0 Å². The van der Waals surface area contributed by atoms with Crippen molar-refractivity contribution < 1.29 is 14.7 Å². The number of guanidine groups is 1. The summed E-state index contributed by atoms with van der Waals surface area (Å²) >= 11 is 0. The summed E-state index contributed by atoms with van der Waals surface area (Å²) < 4.78 is 0. The molecule has 0 radical (unpaired) electrons. The number of aliphatic imine (C=N–C) groups is 1. The quantitative estimate of drug-likeness (QED) is 0.569. The summed E-state index contributed by atoms with van der Waals surface area (Å²) in [5, 5.41) is 13.6. The average Bonchev–Trinajstić information content (AvgIpc) is 3.59. The van der Waals surface area contributed by atoms with E-state index in [-0.39, 0.29) is 29.6 Å². The molecule has 1 saturated carbocycles. The Balaban J connectivity index is 1.39. The maximum atomic E-state index is 13.4. The molecule has 8 nitrogen and oxygen atoms in total. The zero-order chi connectivity index (χ0) is 24.7. The van der Waals surface area contributed by atoms with Gasteiger partial charge in [-0.1, -0.05) is 44.2 Å². The van der Waals surface area contributed by atoms with E-state index in [4.69, 9.17) is 10.7 Å². The predicted octanol–water partition coefficient (Wildman–Crippen LogP) is 2.64. The molecule has 5 atom stereocenters. The molecule has 1 fully saturated rings. The number of hydrogen-bond acceptors (Lipinski definition) is 6. The Morgan fingerprint density at radius 2 is 2.03 bits per heavy atom. The molecule has 0 saturated heterocycles. The number of nitrogens with one attached hydrogen (secondary N) is 1. The Bertz CT molecular complexity index is 1150. The highest BCUT2D eigenvalue weighted by atomic mass is 16.3. The zero-order valence-electron chi connectivity index (χ0n) is 20.2. The molecule has 35 heavy (non-hydrogen) atoms. The first-order valence-corrected chi connectivity index (χ1v) is 12.5. The second-order valence-electron chi connectivity index (χ2n) is 10.0. The van der Waals surface area contributed by atoms with Crippen molar-refractivity contribution in [3.05, 3.63) is 65.5 Å². The smallest absolute Gasteiger partial charge is 0.232 e. The number of rotatable bonds is 7. The zero-order valence-corrected chi connectivity index (χ0v) is 20.2. The molecule has 0 spiro atoms. The van der Waals surface area contributed by atoms with Crippen LogP contribution in [0.15, 0.2) is 53.8 Å². The van der Waals surface area contributed by atoms with Crippen LogP contribution in [0.2, 0.25) is 0 Å². The Labute approximate surface area is 205 Å². The van der Waals surface area contributed by atoms with E-state index in [2.05, 4.69) is 10.3 Å². The molecule has 2 amide bonds. The number of nitrogens with zero attached hydrogens (tertiary/aromatic N) is 3. The summed E-state index contributed by atoms with van der Waals surface area (Å²) in [5.74, 6) is -0.362. The lowest BCUT2D eigenvalue weighted by molar-refractivity contribution is -0.132. The summed E-state index contributed by atoms with van der Waals surface area (Å²) in [6.07, 6.45) is 5.69. The van der Waals surface area contributed by atoms with Gasteiger partial charge in [0.25, 0.3) is 0 Å². The normalized spacial score (nSPS) is 27.7. The minimum Gasteiger partial charge on any atom is -0.390 e. The van der Waals surface area contributed by atoms with Crippen molar-refractivity contribution in [2.45, 2.75) is 69.7 Å². The van der Waals surface area contributed by atoms with Gasteiger partial charge in [0.15, 0.2) is 5.96 Å². The third-order valence-corrected chi connectivity index (χ3v) is 8.05. The maximum absolute atomic E-state index is 13.4. The fraction of sp³-hybridized carbons (Fsp3) is 0.481. The second kappa shape index (κ2) is 9.07. The molecule has 2 aromatic rings. The number of nitrogens with two attached hydrogens (primary N) is 1. The van der Waals surface area contributed by atoms with Gasteiger partial charge >= 0.3 is 0 Å². The van der Waals surface area contributed by atoms with E-state index in [9.17, 15) is 14.7 Å². The number of aliphatic hydroxyl groups excluding tert-OH is 1. The molecule has 5 rings (SSSR count). The first-order valence-electron chi connectivity index (χ1n) is 12.5. The van der Waals surface area contributed by atoms with Crippen LogP contribution in [-0.2, 0) is 16.0 Å². The number of aliphatic hydroxyl groups is 1. The minimum absolute atomic E-state index is 0.0683. The van der Waals surface area contributed by atoms with Gasteiger partial charge in [0, 0.05) is 24.7 Å². The van der Waals surface area contributed by atoms with E-state index in [1.165, 1.54) is 0 Å². The molecular weight excluding hydrogens is 442 g/mol. The SMILES string of the molecule is CCC1(CC)CC(=O)N(C(c2cccnc2)C2CC2C(=O)NC2c3ccccc3CC2O)C(N)=N1. The van der Waals surface area contributed by atoms with Gasteiger partial charge < -0.3 is 16.2 Å². The van der Waals surface area contributed by atoms with Crippen LogP contribution in [0, 0.1) is 11.8 Å². The second-order valence-corrected chi connectivity index (χ2v) is 10.0. The van der Waals surface area contributed by atoms with E-state index in [1.807, 2.05) is 50.2 Å². The van der Waals surface area contributed by atoms with Crippen molar-refractivity contribution in [2.75, 3.05) is 0 Å². The molecule has 2 aliphatic carbocycles. The van der Waals surface area contributed by atoms with Crippen molar-refractivity contribution in [1.29, 1.82) is 0 Å². The van der Waals surface area contributed by atoms with Gasteiger partial charge in [-0.3, -0.25) is 19.5 Å². The lowest BCUT2D eigenvalue weighted by Crippen LogP contribution is -2.53. The maximum Gasteiger partial charge on any atom is 0.232 e. The molecule has 0 bridgehead atoms. The summed E-state index contributed by atoms with van der Waals surface area (Å²) in [6.45, 7) is 4.05. The summed E-state index contributed by atoms with van der Waals surface area (Å²) in [6, 6.07) is 10.7. The van der Waals surface area contributed by atoms with Crippen LogP contribution in [0.5, 0.6) is 0 Å². The highest BCUT2D eigenvalue weighted by Gasteiger charge is 2.54. The molecule has 1 aromatic heterocycles. The Morgan fingerprint density at radius 3 is 2.71 bits per heavy atom. The van der Waals surface area contributed by atoms with E-state index in [0.29, 0.717) is 19.3 Å². The van der Waals surface area contributed by atoms with Crippen molar-refractivity contribution in [1.82, 2.24) is 15.2 Å². The first-order chi connectivity index (χ1) is 16.9. The molecule has 184 valence electrons. The van der Waals surface area contributed by atoms with Gasteiger partial charge in [-0.2, -0.15) is 0 Å². The number of fused-ring (bicyclic) bond motifs is 1. The molecule has 3 aliphatic rings. The van der Waals surface area contributed by atoms with E-state index < -0.39 is 23.7 Å². The first kappa shape index (κ1) is 23.5. The Hall–Kier alpha value is -3.26. The van der Waals surface area contributed by atoms with Gasteiger partial charge in [-0.25, -0.2) is 4.99 Å². The fourth-order valence-electron chi connectivity index (χ4n) is 5.80. The van der Waals surface area contributed by atoms with Gasteiger partial charge in [-0.05, 0) is 47.9 Å². The number of pyridine rings is 1. The third kappa shape index (κ3) is 4.20. The lowest BCUT2D eigenvalue weighted by atomic mass is 9.87. The Morgan fingerprint density at radius 1 is 1.26 bits per heavy atom. The molecule has 1 aliphatic heterocycles. The van der Waals surface area contributed by atoms with Crippen LogP contribution < -0.4 is 11.1 Å². The summed E-state index contributed by atoms with van der Waals surface area (Å²) in [4.78, 5) is 37.3. The van der Waals surface area contributed by atoms with E-state index in [1.54, 1.807) is 17.3 Å². The van der Waals surface area contributed by atoms with Crippen molar-refractivity contribution >= 4 is 17.8 Å². The highest BCUT2D eigenvalue weighted by Crippen LogP contribution is 2.51. The van der Waals surface area contributed by atoms with E-state index in [0.717, 1.165) is 29.5 Å². The molecule has 4 N–H and O–H groups in total. The molecule has 5 unspecified atom stereocenters. The number of aromatic nitrogens is 1. The highest BCUT2D eigenvalue weighted by molar-refractivity contribution is 5.99. The topological polar surface area (TPSA) is 121 Å². The van der Waals surface area contributed by atoms with Crippen LogP contribution >= 0.6 is 0 Å². The summed E-state index contributed by atoms with van der Waals surface area (Å²) in [7, 11) is 0. The molecule has 2 heterocycles. The number of amides is 2. The minimum atomic E-state index is -0.648. The molecule has 8 heteroatoms. The van der Waals surface area contributed by atoms with Gasteiger partial charge in [0.05, 0.1) is 30.1 Å². The summed E-state index contributed by atoms with van der Waals surface area (Å²) in [5.41, 5.74) is 8.82. The van der Waals surface area contributed by atoms with Gasteiger partial charge in [-0.15, -0.1) is 0 Å². The monoisotopic (exact) mass is 475 g/mol. The van der Waals surface area contributed by atoms with Gasteiger partial charge in [0.1, 0.15) is 0 Å². The largest absolute Gasteiger partial charge is 0.390 e. The van der Waals surface area contributed by atoms with Crippen LogP contribution in [0.1, 0.15) is 68.3 Å². The average molecular weight is 476 g/mol. The van der Waals surface area contributed by atoms with Crippen molar-refractivity contribution in [3.8, 4) is 0 Å². The van der Waals surface area contributed by atoms with Gasteiger partial charge in [0.2, 0.25) is 11.8 Å². The van der Waals surface area contributed by atoms with Crippen LogP contribution in [0.3, 0.4) is 0 Å². The van der Waals surface area contributed by atoms with Crippen LogP contribution in [0.4, 0.5) is 0 Å². The molecule has 1 aromatic carbocycles.